The van der Waals surface area contributed by atoms with Crippen LogP contribution in [0.2, 0.25) is 5.02 Å². The predicted octanol–water partition coefficient (Wildman–Crippen LogP) is 4.97. The van der Waals surface area contributed by atoms with Gasteiger partial charge in [0.2, 0.25) is 0 Å². The normalized spacial score (nSPS) is 19.0. The molecule has 4 rings (SSSR count). The summed E-state index contributed by atoms with van der Waals surface area (Å²) in [5.74, 6) is 0.717. The van der Waals surface area contributed by atoms with Gasteiger partial charge < -0.3 is 9.64 Å². The van der Waals surface area contributed by atoms with Gasteiger partial charge in [0.25, 0.3) is 5.69 Å². The van der Waals surface area contributed by atoms with Crippen molar-refractivity contribution in [1.82, 2.24) is 9.80 Å². The summed E-state index contributed by atoms with van der Waals surface area (Å²) in [6.07, 6.45) is 2.53. The highest BCUT2D eigenvalue weighted by molar-refractivity contribution is 6.30. The molecule has 0 aromatic heterocycles. The van der Waals surface area contributed by atoms with Gasteiger partial charge in [0.1, 0.15) is 12.4 Å². The molecule has 0 radical (unpaired) electrons. The molecular weight excluding hydrogens is 449 g/mol. The molecule has 0 aliphatic carbocycles. The third-order valence-corrected chi connectivity index (χ3v) is 5.84. The minimum Gasteiger partial charge on any atom is -0.492 e. The molecule has 164 valence electrons. The van der Waals surface area contributed by atoms with Gasteiger partial charge >= 0.3 is 0 Å². The second kappa shape index (κ2) is 11.2. The van der Waals surface area contributed by atoms with E-state index >= 15 is 0 Å². The van der Waals surface area contributed by atoms with Crippen LogP contribution in [0.15, 0.2) is 42.5 Å². The predicted molar refractivity (Wildman–Crippen MR) is 124 cm³/mol. The van der Waals surface area contributed by atoms with E-state index in [1.165, 1.54) is 18.9 Å². The molecule has 0 amide bonds. The molecule has 1 unspecified atom stereocenters. The topological polar surface area (TPSA) is 58.9 Å². The van der Waals surface area contributed by atoms with Gasteiger partial charge in [-0.25, -0.2) is 0 Å². The van der Waals surface area contributed by atoms with E-state index in [1.54, 1.807) is 12.1 Å². The minimum absolute atomic E-state index is 0. The lowest BCUT2D eigenvalue weighted by atomic mass is 9.96. The van der Waals surface area contributed by atoms with Gasteiger partial charge in [0, 0.05) is 42.4 Å². The Morgan fingerprint density at radius 2 is 1.73 bits per heavy atom. The van der Waals surface area contributed by atoms with Crippen molar-refractivity contribution in [2.24, 2.45) is 0 Å². The summed E-state index contributed by atoms with van der Waals surface area (Å²) in [6, 6.07) is 12.5. The van der Waals surface area contributed by atoms with Crippen molar-refractivity contribution in [3.8, 4) is 5.75 Å². The maximum atomic E-state index is 11.4. The molecule has 1 saturated heterocycles. The zero-order valence-corrected chi connectivity index (χ0v) is 18.9. The van der Waals surface area contributed by atoms with Gasteiger partial charge in [-0.3, -0.25) is 15.0 Å². The van der Waals surface area contributed by atoms with Gasteiger partial charge in [-0.05, 0) is 49.7 Å². The Labute approximate surface area is 194 Å². The van der Waals surface area contributed by atoms with Crippen molar-refractivity contribution >= 4 is 42.1 Å². The SMILES string of the molecule is Cl.Cl.O=[N+]([O-])c1ccc2c(c1)C(c1ccc(Cl)cc1)N(CCN1CCCC1)CCO2. The number of fused-ring (bicyclic) bond motifs is 1. The lowest BCUT2D eigenvalue weighted by molar-refractivity contribution is -0.385. The number of hydrogen-bond acceptors (Lipinski definition) is 5. The summed E-state index contributed by atoms with van der Waals surface area (Å²) >= 11 is 6.10. The number of non-ortho nitro benzene ring substituents is 1. The van der Waals surface area contributed by atoms with E-state index < -0.39 is 0 Å². The van der Waals surface area contributed by atoms with E-state index in [1.807, 2.05) is 24.3 Å². The fourth-order valence-electron chi connectivity index (χ4n) is 4.15. The fourth-order valence-corrected chi connectivity index (χ4v) is 4.27. The number of benzene rings is 2. The Balaban J connectivity index is 0.00000160. The molecule has 1 fully saturated rings. The molecule has 2 aromatic rings. The standard InChI is InChI=1S/C21H24ClN3O3.2ClH/c22-17-5-3-16(4-6-17)21-19-15-18(25(26)27)7-8-20(19)28-14-13-24(21)12-11-23-9-1-2-10-23;;/h3-8,15,21H,1-2,9-14H2;2*1H. The summed E-state index contributed by atoms with van der Waals surface area (Å²) < 4.78 is 5.96. The van der Waals surface area contributed by atoms with Crippen LogP contribution in [-0.4, -0.2) is 54.1 Å². The Hall–Kier alpha value is -1.57. The maximum absolute atomic E-state index is 11.4. The smallest absolute Gasteiger partial charge is 0.270 e. The van der Waals surface area contributed by atoms with Crippen LogP contribution in [0, 0.1) is 10.1 Å². The average molecular weight is 475 g/mol. The van der Waals surface area contributed by atoms with Crippen LogP contribution in [0.5, 0.6) is 5.75 Å². The first-order valence-electron chi connectivity index (χ1n) is 9.75. The number of hydrogen-bond donors (Lipinski definition) is 0. The van der Waals surface area contributed by atoms with Gasteiger partial charge in [0.15, 0.2) is 0 Å². The van der Waals surface area contributed by atoms with E-state index in [4.69, 9.17) is 16.3 Å². The van der Waals surface area contributed by atoms with E-state index in [0.717, 1.165) is 43.9 Å². The first-order chi connectivity index (χ1) is 13.6. The van der Waals surface area contributed by atoms with E-state index in [2.05, 4.69) is 9.80 Å². The van der Waals surface area contributed by atoms with Crippen molar-refractivity contribution in [2.75, 3.05) is 39.3 Å². The van der Waals surface area contributed by atoms with Crippen molar-refractivity contribution < 1.29 is 9.66 Å². The van der Waals surface area contributed by atoms with Crippen LogP contribution in [0.25, 0.3) is 0 Å². The minimum atomic E-state index is -0.349. The van der Waals surface area contributed by atoms with Gasteiger partial charge in [0.05, 0.1) is 11.0 Å². The van der Waals surface area contributed by atoms with E-state index in [0.29, 0.717) is 17.4 Å². The highest BCUT2D eigenvalue weighted by Crippen LogP contribution is 2.39. The Kier molecular flexibility index (Phi) is 9.19. The number of nitro groups is 1. The van der Waals surface area contributed by atoms with Crippen molar-refractivity contribution in [3.05, 3.63) is 68.7 Å². The summed E-state index contributed by atoms with van der Waals surface area (Å²) in [5.41, 5.74) is 2.00. The molecule has 0 saturated carbocycles. The van der Waals surface area contributed by atoms with Crippen LogP contribution in [0.4, 0.5) is 5.69 Å². The second-order valence-electron chi connectivity index (χ2n) is 7.37. The lowest BCUT2D eigenvalue weighted by Crippen LogP contribution is -2.37. The van der Waals surface area contributed by atoms with Crippen LogP contribution in [0.3, 0.4) is 0 Å². The largest absolute Gasteiger partial charge is 0.492 e. The van der Waals surface area contributed by atoms with E-state index in [-0.39, 0.29) is 41.5 Å². The number of nitro benzene ring substituents is 1. The number of halogens is 3. The summed E-state index contributed by atoms with van der Waals surface area (Å²) in [4.78, 5) is 15.9. The van der Waals surface area contributed by atoms with E-state index in [9.17, 15) is 10.1 Å². The van der Waals surface area contributed by atoms with Gasteiger partial charge in [-0.1, -0.05) is 23.7 Å². The first kappa shape index (κ1) is 24.7. The Morgan fingerprint density at radius 3 is 2.40 bits per heavy atom. The molecule has 2 aliphatic rings. The summed E-state index contributed by atoms with van der Waals surface area (Å²) in [6.45, 7) is 5.52. The Morgan fingerprint density at radius 1 is 1.03 bits per heavy atom. The molecule has 0 bridgehead atoms. The monoisotopic (exact) mass is 473 g/mol. The zero-order valence-electron chi connectivity index (χ0n) is 16.5. The number of nitrogens with zero attached hydrogens (tertiary/aromatic N) is 3. The lowest BCUT2D eigenvalue weighted by Gasteiger charge is -2.31. The third kappa shape index (κ3) is 5.56. The average Bonchev–Trinajstić information content (AvgIpc) is 3.14. The quantitative estimate of drug-likeness (QED) is 0.452. The molecule has 0 N–H and O–H groups in total. The summed E-state index contributed by atoms with van der Waals surface area (Å²) in [7, 11) is 0. The molecule has 2 aliphatic heterocycles. The molecular formula is C21H26Cl3N3O3. The molecule has 2 aromatic carbocycles. The highest BCUT2D eigenvalue weighted by atomic mass is 35.5. The van der Waals surface area contributed by atoms with Crippen LogP contribution < -0.4 is 4.74 Å². The van der Waals surface area contributed by atoms with Crippen LogP contribution in [-0.2, 0) is 0 Å². The molecule has 6 nitrogen and oxygen atoms in total. The van der Waals surface area contributed by atoms with Crippen molar-refractivity contribution in [3.63, 3.8) is 0 Å². The summed E-state index contributed by atoms with van der Waals surface area (Å²) in [5, 5.41) is 12.0. The van der Waals surface area contributed by atoms with Crippen LogP contribution >= 0.6 is 36.4 Å². The molecule has 2 heterocycles. The fraction of sp³-hybridized carbons (Fsp3) is 0.429. The first-order valence-corrected chi connectivity index (χ1v) is 10.1. The zero-order chi connectivity index (χ0) is 19.5. The number of ether oxygens (including phenoxy) is 1. The van der Waals surface area contributed by atoms with Crippen molar-refractivity contribution in [1.29, 1.82) is 0 Å². The van der Waals surface area contributed by atoms with Crippen molar-refractivity contribution in [2.45, 2.75) is 18.9 Å². The highest BCUT2D eigenvalue weighted by Gasteiger charge is 2.30. The molecule has 9 heteroatoms. The molecule has 30 heavy (non-hydrogen) atoms. The van der Waals surface area contributed by atoms with Crippen LogP contribution in [0.1, 0.15) is 30.0 Å². The molecule has 0 spiro atoms. The van der Waals surface area contributed by atoms with Gasteiger partial charge in [-0.15, -0.1) is 24.8 Å². The molecule has 1 atom stereocenters. The van der Waals surface area contributed by atoms with Gasteiger partial charge in [-0.2, -0.15) is 0 Å². The second-order valence-corrected chi connectivity index (χ2v) is 7.80. The maximum Gasteiger partial charge on any atom is 0.270 e. The number of likely N-dealkylation sites (tertiary alicyclic amines) is 1. The Bertz CT molecular complexity index is 845. The number of rotatable bonds is 5. The third-order valence-electron chi connectivity index (χ3n) is 5.59.